The molecule has 2 aliphatic heterocycles. The fourth-order valence-electron chi connectivity index (χ4n) is 3.48. The van der Waals surface area contributed by atoms with Gasteiger partial charge >= 0.3 is 5.97 Å². The first kappa shape index (κ1) is 16.5. The lowest BCUT2D eigenvalue weighted by molar-refractivity contribution is -0.162. The number of unbranched alkanes of at least 4 members (excludes halogenated alkanes) is 1. The van der Waals surface area contributed by atoms with Gasteiger partial charge in [-0.25, -0.2) is 4.79 Å². The van der Waals surface area contributed by atoms with Gasteiger partial charge in [0.15, 0.2) is 6.29 Å². The van der Waals surface area contributed by atoms with E-state index in [0.717, 1.165) is 56.5 Å². The third-order valence-electron chi connectivity index (χ3n) is 4.71. The highest BCUT2D eigenvalue weighted by molar-refractivity contribution is 5.90. The monoisotopic (exact) mass is 322 g/mol. The average Bonchev–Trinajstić information content (AvgIpc) is 3.15. The lowest BCUT2D eigenvalue weighted by Gasteiger charge is -2.22. The SMILES string of the molecule is COC(=O)C1=C(CCCCOC2CCCCO2)O[C@H]2C=CC[C@@H]12. The zero-order valence-corrected chi connectivity index (χ0v) is 13.8. The van der Waals surface area contributed by atoms with Crippen molar-refractivity contribution in [3.8, 4) is 0 Å². The minimum atomic E-state index is -0.247. The second-order valence-electron chi connectivity index (χ2n) is 6.31. The quantitative estimate of drug-likeness (QED) is 0.409. The Labute approximate surface area is 137 Å². The number of esters is 1. The molecular weight excluding hydrogens is 296 g/mol. The van der Waals surface area contributed by atoms with E-state index in [2.05, 4.69) is 6.08 Å². The summed E-state index contributed by atoms with van der Waals surface area (Å²) in [5.74, 6) is 0.706. The Morgan fingerprint density at radius 3 is 3.04 bits per heavy atom. The molecule has 3 atom stereocenters. The molecular formula is C18H26O5. The molecule has 0 aromatic carbocycles. The molecule has 5 nitrogen and oxygen atoms in total. The van der Waals surface area contributed by atoms with Crippen LogP contribution >= 0.6 is 0 Å². The van der Waals surface area contributed by atoms with Crippen molar-refractivity contribution in [1.82, 2.24) is 0 Å². The maximum atomic E-state index is 12.0. The van der Waals surface area contributed by atoms with E-state index in [1.165, 1.54) is 13.5 Å². The van der Waals surface area contributed by atoms with Gasteiger partial charge in [-0.15, -0.1) is 0 Å². The largest absolute Gasteiger partial charge is 0.489 e. The van der Waals surface area contributed by atoms with Crippen LogP contribution in [0.5, 0.6) is 0 Å². The first-order valence-corrected chi connectivity index (χ1v) is 8.67. The molecule has 5 heteroatoms. The fraction of sp³-hybridized carbons (Fsp3) is 0.722. The Morgan fingerprint density at radius 1 is 1.35 bits per heavy atom. The molecule has 1 unspecified atom stereocenters. The predicted molar refractivity (Wildman–Crippen MR) is 84.6 cm³/mol. The molecule has 1 fully saturated rings. The molecule has 2 heterocycles. The molecule has 0 N–H and O–H groups in total. The van der Waals surface area contributed by atoms with E-state index in [1.54, 1.807) is 0 Å². The second kappa shape index (κ2) is 7.97. The van der Waals surface area contributed by atoms with Crippen LogP contribution in [0.25, 0.3) is 0 Å². The summed E-state index contributed by atoms with van der Waals surface area (Å²) in [6.45, 7) is 1.50. The molecule has 1 saturated heterocycles. The summed E-state index contributed by atoms with van der Waals surface area (Å²) in [4.78, 5) is 12.0. The van der Waals surface area contributed by atoms with Crippen LogP contribution in [-0.2, 0) is 23.7 Å². The normalized spacial score (nSPS) is 29.5. The lowest BCUT2D eigenvalue weighted by atomic mass is 9.95. The van der Waals surface area contributed by atoms with Gasteiger partial charge in [-0.05, 0) is 44.6 Å². The van der Waals surface area contributed by atoms with E-state index in [0.29, 0.717) is 6.61 Å². The lowest BCUT2D eigenvalue weighted by Crippen LogP contribution is -2.22. The summed E-state index contributed by atoms with van der Waals surface area (Å²) < 4.78 is 22.2. The van der Waals surface area contributed by atoms with Crippen molar-refractivity contribution in [3.63, 3.8) is 0 Å². The molecule has 0 spiro atoms. The van der Waals surface area contributed by atoms with E-state index >= 15 is 0 Å². The molecule has 0 radical (unpaired) electrons. The van der Waals surface area contributed by atoms with Gasteiger partial charge in [-0.2, -0.15) is 0 Å². The van der Waals surface area contributed by atoms with Crippen molar-refractivity contribution in [3.05, 3.63) is 23.5 Å². The predicted octanol–water partition coefficient (Wildman–Crippen LogP) is 3.10. The molecule has 0 saturated carbocycles. The number of rotatable bonds is 7. The van der Waals surface area contributed by atoms with Crippen molar-refractivity contribution in [2.45, 2.75) is 57.3 Å². The minimum Gasteiger partial charge on any atom is -0.489 e. The molecule has 0 aromatic rings. The Balaban J connectivity index is 1.43. The van der Waals surface area contributed by atoms with Crippen molar-refractivity contribution in [2.75, 3.05) is 20.3 Å². The number of ether oxygens (including phenoxy) is 4. The van der Waals surface area contributed by atoms with Gasteiger partial charge in [0.2, 0.25) is 0 Å². The van der Waals surface area contributed by atoms with Crippen LogP contribution in [0, 0.1) is 5.92 Å². The molecule has 128 valence electrons. The number of fused-ring (bicyclic) bond motifs is 1. The Kier molecular flexibility index (Phi) is 5.73. The van der Waals surface area contributed by atoms with Gasteiger partial charge in [-0.3, -0.25) is 0 Å². The number of hydrogen-bond acceptors (Lipinski definition) is 5. The molecule has 3 rings (SSSR count). The summed E-state index contributed by atoms with van der Waals surface area (Å²) in [7, 11) is 1.43. The van der Waals surface area contributed by atoms with Crippen molar-refractivity contribution < 1.29 is 23.7 Å². The molecule has 1 aliphatic carbocycles. The molecule has 0 amide bonds. The van der Waals surface area contributed by atoms with Gasteiger partial charge in [0, 0.05) is 25.6 Å². The fourth-order valence-corrected chi connectivity index (χ4v) is 3.48. The Hall–Kier alpha value is -1.33. The van der Waals surface area contributed by atoms with E-state index in [1.807, 2.05) is 6.08 Å². The summed E-state index contributed by atoms with van der Waals surface area (Å²) in [6.07, 6.45) is 10.9. The number of allylic oxidation sites excluding steroid dienone is 2. The van der Waals surface area contributed by atoms with Gasteiger partial charge in [-0.1, -0.05) is 6.08 Å². The van der Waals surface area contributed by atoms with Crippen molar-refractivity contribution in [1.29, 1.82) is 0 Å². The summed E-state index contributed by atoms with van der Waals surface area (Å²) in [5, 5.41) is 0. The number of methoxy groups -OCH3 is 1. The average molecular weight is 322 g/mol. The number of hydrogen-bond donors (Lipinski definition) is 0. The van der Waals surface area contributed by atoms with Crippen LogP contribution in [0.15, 0.2) is 23.5 Å². The van der Waals surface area contributed by atoms with Gasteiger partial charge in [0.1, 0.15) is 11.9 Å². The maximum absolute atomic E-state index is 12.0. The van der Waals surface area contributed by atoms with E-state index in [-0.39, 0.29) is 24.3 Å². The smallest absolute Gasteiger partial charge is 0.337 e. The van der Waals surface area contributed by atoms with Crippen LogP contribution < -0.4 is 0 Å². The van der Waals surface area contributed by atoms with Crippen molar-refractivity contribution in [2.24, 2.45) is 5.92 Å². The van der Waals surface area contributed by atoms with Crippen LogP contribution in [0.2, 0.25) is 0 Å². The van der Waals surface area contributed by atoms with Crippen LogP contribution in [0.4, 0.5) is 0 Å². The van der Waals surface area contributed by atoms with Crippen LogP contribution in [0.3, 0.4) is 0 Å². The Bertz CT molecular complexity index is 476. The summed E-state index contributed by atoms with van der Waals surface area (Å²) in [5.41, 5.74) is 0.735. The molecule has 0 aromatic heterocycles. The first-order chi connectivity index (χ1) is 11.3. The van der Waals surface area contributed by atoms with E-state index in [9.17, 15) is 4.79 Å². The molecule has 3 aliphatic rings. The maximum Gasteiger partial charge on any atom is 0.337 e. The zero-order valence-electron chi connectivity index (χ0n) is 13.8. The van der Waals surface area contributed by atoms with Gasteiger partial charge in [0.25, 0.3) is 0 Å². The topological polar surface area (TPSA) is 54.0 Å². The Morgan fingerprint density at radius 2 is 2.26 bits per heavy atom. The summed E-state index contributed by atoms with van der Waals surface area (Å²) in [6, 6.07) is 0. The molecule has 0 bridgehead atoms. The zero-order chi connectivity index (χ0) is 16.1. The standard InChI is InChI=1S/C18H26O5/c1-20-18(19)17-13-7-6-9-14(13)23-15(17)8-2-4-11-21-16-10-3-5-12-22-16/h6,9,13-14,16H,2-5,7-8,10-12H2,1H3/t13-,14+,16?/m1/s1. The second-order valence-corrected chi connectivity index (χ2v) is 6.31. The number of carbonyl (C=O) groups is 1. The molecule has 23 heavy (non-hydrogen) atoms. The van der Waals surface area contributed by atoms with Crippen LogP contribution in [-0.4, -0.2) is 38.7 Å². The minimum absolute atomic E-state index is 0.0194. The third kappa shape index (κ3) is 3.96. The highest BCUT2D eigenvalue weighted by Crippen LogP contribution is 2.40. The number of carbonyl (C=O) groups excluding carboxylic acids is 1. The highest BCUT2D eigenvalue weighted by atomic mass is 16.7. The third-order valence-corrected chi connectivity index (χ3v) is 4.71. The van der Waals surface area contributed by atoms with Crippen molar-refractivity contribution >= 4 is 5.97 Å². The first-order valence-electron chi connectivity index (χ1n) is 8.67. The summed E-state index contributed by atoms with van der Waals surface area (Å²) >= 11 is 0. The van der Waals surface area contributed by atoms with E-state index < -0.39 is 0 Å². The highest BCUT2D eigenvalue weighted by Gasteiger charge is 2.40. The van der Waals surface area contributed by atoms with Crippen LogP contribution in [0.1, 0.15) is 44.9 Å². The van der Waals surface area contributed by atoms with Gasteiger partial charge in [0.05, 0.1) is 12.7 Å². The van der Waals surface area contributed by atoms with Gasteiger partial charge < -0.3 is 18.9 Å². The van der Waals surface area contributed by atoms with E-state index in [4.69, 9.17) is 18.9 Å².